The van der Waals surface area contributed by atoms with E-state index in [0.717, 1.165) is 11.4 Å². The quantitative estimate of drug-likeness (QED) is 0.853. The summed E-state index contributed by atoms with van der Waals surface area (Å²) in [6.45, 7) is 1.88. The molecule has 0 saturated carbocycles. The SMILES string of the molecule is NCCc1cnc(COCc2ccccc2)s1. The van der Waals surface area contributed by atoms with Crippen molar-refractivity contribution in [2.75, 3.05) is 6.54 Å². The number of benzene rings is 1. The molecule has 1 aromatic carbocycles. The summed E-state index contributed by atoms with van der Waals surface area (Å²) in [5, 5.41) is 1.02. The minimum absolute atomic E-state index is 0.574. The van der Waals surface area contributed by atoms with Crippen molar-refractivity contribution in [2.45, 2.75) is 19.6 Å². The van der Waals surface area contributed by atoms with Gasteiger partial charge in [-0.15, -0.1) is 11.3 Å². The normalized spacial score (nSPS) is 10.6. The van der Waals surface area contributed by atoms with Crippen LogP contribution < -0.4 is 5.73 Å². The van der Waals surface area contributed by atoms with Gasteiger partial charge < -0.3 is 10.5 Å². The van der Waals surface area contributed by atoms with Gasteiger partial charge in [-0.25, -0.2) is 4.98 Å². The highest BCUT2D eigenvalue weighted by atomic mass is 32.1. The molecule has 0 bridgehead atoms. The van der Waals surface area contributed by atoms with Gasteiger partial charge in [-0.1, -0.05) is 30.3 Å². The summed E-state index contributed by atoms with van der Waals surface area (Å²) >= 11 is 1.68. The van der Waals surface area contributed by atoms with Crippen molar-refractivity contribution >= 4 is 11.3 Å². The molecule has 1 aromatic heterocycles. The minimum Gasteiger partial charge on any atom is -0.370 e. The van der Waals surface area contributed by atoms with Crippen molar-refractivity contribution < 1.29 is 4.74 Å². The average Bonchev–Trinajstić information content (AvgIpc) is 2.79. The number of thiazole rings is 1. The molecular weight excluding hydrogens is 232 g/mol. The molecule has 2 N–H and O–H groups in total. The summed E-state index contributed by atoms with van der Waals surface area (Å²) in [6.07, 6.45) is 2.79. The second-order valence-corrected chi connectivity index (χ2v) is 4.94. The van der Waals surface area contributed by atoms with E-state index in [1.807, 2.05) is 24.4 Å². The molecule has 4 heteroatoms. The second kappa shape index (κ2) is 6.49. The summed E-state index contributed by atoms with van der Waals surface area (Å²) in [7, 11) is 0. The van der Waals surface area contributed by atoms with Crippen molar-refractivity contribution in [1.82, 2.24) is 4.98 Å². The van der Waals surface area contributed by atoms with E-state index < -0.39 is 0 Å². The number of aromatic nitrogens is 1. The van der Waals surface area contributed by atoms with Crippen LogP contribution >= 0.6 is 11.3 Å². The summed E-state index contributed by atoms with van der Waals surface area (Å²) in [4.78, 5) is 5.53. The largest absolute Gasteiger partial charge is 0.370 e. The smallest absolute Gasteiger partial charge is 0.119 e. The number of nitrogens with zero attached hydrogens (tertiary/aromatic N) is 1. The van der Waals surface area contributed by atoms with Gasteiger partial charge in [0.2, 0.25) is 0 Å². The molecule has 3 nitrogen and oxygen atoms in total. The van der Waals surface area contributed by atoms with Gasteiger partial charge in [0.1, 0.15) is 5.01 Å². The maximum atomic E-state index is 5.61. The zero-order chi connectivity index (χ0) is 11.9. The molecule has 0 aliphatic rings. The number of ether oxygens (including phenoxy) is 1. The maximum Gasteiger partial charge on any atom is 0.119 e. The van der Waals surface area contributed by atoms with E-state index in [4.69, 9.17) is 10.5 Å². The molecule has 0 aliphatic heterocycles. The van der Waals surface area contributed by atoms with Crippen molar-refractivity contribution in [2.24, 2.45) is 5.73 Å². The Kier molecular flexibility index (Phi) is 4.67. The zero-order valence-electron chi connectivity index (χ0n) is 9.63. The Hall–Kier alpha value is -1.23. The molecule has 0 spiro atoms. The first-order chi connectivity index (χ1) is 8.38. The van der Waals surface area contributed by atoms with Crippen LogP contribution in [0.15, 0.2) is 36.5 Å². The fourth-order valence-electron chi connectivity index (χ4n) is 1.50. The summed E-state index contributed by atoms with van der Waals surface area (Å²) in [6, 6.07) is 10.1. The van der Waals surface area contributed by atoms with Crippen LogP contribution in [-0.4, -0.2) is 11.5 Å². The fraction of sp³-hybridized carbons (Fsp3) is 0.308. The summed E-state index contributed by atoms with van der Waals surface area (Å²) < 4.78 is 5.61. The van der Waals surface area contributed by atoms with Crippen LogP contribution in [-0.2, 0) is 24.4 Å². The predicted molar refractivity (Wildman–Crippen MR) is 69.8 cm³/mol. The van der Waals surface area contributed by atoms with Crippen molar-refractivity contribution in [3.05, 3.63) is 52.0 Å². The highest BCUT2D eigenvalue weighted by Crippen LogP contribution is 2.14. The highest BCUT2D eigenvalue weighted by Gasteiger charge is 2.01. The van der Waals surface area contributed by atoms with E-state index in [1.165, 1.54) is 10.4 Å². The molecule has 90 valence electrons. The van der Waals surface area contributed by atoms with Crippen molar-refractivity contribution in [3.63, 3.8) is 0 Å². The molecule has 0 fully saturated rings. The number of hydrogen-bond acceptors (Lipinski definition) is 4. The lowest BCUT2D eigenvalue weighted by Crippen LogP contribution is -2.00. The zero-order valence-corrected chi connectivity index (χ0v) is 10.5. The van der Waals surface area contributed by atoms with Gasteiger partial charge in [0.05, 0.1) is 13.2 Å². The second-order valence-electron chi connectivity index (χ2n) is 3.74. The number of hydrogen-bond donors (Lipinski definition) is 1. The van der Waals surface area contributed by atoms with Gasteiger partial charge in [-0.3, -0.25) is 0 Å². The molecule has 17 heavy (non-hydrogen) atoms. The topological polar surface area (TPSA) is 48.1 Å². The standard InChI is InChI=1S/C13H16N2OS/c14-7-6-12-8-15-13(17-12)10-16-9-11-4-2-1-3-5-11/h1-5,8H,6-7,9-10,14H2. The summed E-state index contributed by atoms with van der Waals surface area (Å²) in [5.41, 5.74) is 6.68. The number of nitrogens with two attached hydrogens (primary N) is 1. The average molecular weight is 248 g/mol. The maximum absolute atomic E-state index is 5.61. The van der Waals surface area contributed by atoms with E-state index in [2.05, 4.69) is 17.1 Å². The van der Waals surface area contributed by atoms with Gasteiger partial charge in [0.25, 0.3) is 0 Å². The van der Waals surface area contributed by atoms with Crippen LogP contribution in [0.2, 0.25) is 0 Å². The van der Waals surface area contributed by atoms with Gasteiger partial charge in [-0.05, 0) is 18.5 Å². The highest BCUT2D eigenvalue weighted by molar-refractivity contribution is 7.11. The van der Waals surface area contributed by atoms with Crippen LogP contribution in [0, 0.1) is 0 Å². The predicted octanol–water partition coefficient (Wildman–Crippen LogP) is 2.36. The first-order valence-corrected chi connectivity index (χ1v) is 6.45. The van der Waals surface area contributed by atoms with E-state index in [0.29, 0.717) is 19.8 Å². The van der Waals surface area contributed by atoms with Gasteiger partial charge in [-0.2, -0.15) is 0 Å². The Labute approximate surface area is 105 Å². The lowest BCUT2D eigenvalue weighted by atomic mass is 10.2. The van der Waals surface area contributed by atoms with Crippen molar-refractivity contribution in [1.29, 1.82) is 0 Å². The van der Waals surface area contributed by atoms with Crippen molar-refractivity contribution in [3.8, 4) is 0 Å². The van der Waals surface area contributed by atoms with Gasteiger partial charge in [0, 0.05) is 11.1 Å². The van der Waals surface area contributed by atoms with Crippen LogP contribution in [0.25, 0.3) is 0 Å². The molecule has 0 radical (unpaired) electrons. The van der Waals surface area contributed by atoms with E-state index in [9.17, 15) is 0 Å². The first kappa shape index (κ1) is 12.2. The third kappa shape index (κ3) is 3.93. The lowest BCUT2D eigenvalue weighted by Gasteiger charge is -2.01. The molecule has 0 unspecified atom stereocenters. The molecule has 0 amide bonds. The van der Waals surface area contributed by atoms with E-state index in [1.54, 1.807) is 11.3 Å². The third-order valence-corrected chi connectivity index (χ3v) is 3.36. The van der Waals surface area contributed by atoms with E-state index in [-0.39, 0.29) is 0 Å². The monoisotopic (exact) mass is 248 g/mol. The van der Waals surface area contributed by atoms with Gasteiger partial charge >= 0.3 is 0 Å². The Morgan fingerprint density at radius 3 is 2.76 bits per heavy atom. The van der Waals surface area contributed by atoms with Crippen LogP contribution in [0.4, 0.5) is 0 Å². The van der Waals surface area contributed by atoms with Crippen LogP contribution in [0.1, 0.15) is 15.4 Å². The van der Waals surface area contributed by atoms with Crippen LogP contribution in [0.5, 0.6) is 0 Å². The Balaban J connectivity index is 1.78. The Morgan fingerprint density at radius 2 is 2.00 bits per heavy atom. The molecule has 2 rings (SSSR count). The molecule has 0 atom stereocenters. The molecule has 1 heterocycles. The van der Waals surface area contributed by atoms with Gasteiger partial charge in [0.15, 0.2) is 0 Å². The first-order valence-electron chi connectivity index (χ1n) is 5.64. The molecule has 2 aromatic rings. The fourth-order valence-corrected chi connectivity index (χ4v) is 2.38. The third-order valence-electron chi connectivity index (χ3n) is 2.33. The molecule has 0 aliphatic carbocycles. The van der Waals surface area contributed by atoms with E-state index >= 15 is 0 Å². The lowest BCUT2D eigenvalue weighted by molar-refractivity contribution is 0.107. The molecule has 0 saturated heterocycles. The Bertz CT molecular complexity index is 442. The van der Waals surface area contributed by atoms with Crippen LogP contribution in [0.3, 0.4) is 0 Å². The molecular formula is C13H16N2OS. The number of rotatable bonds is 6. The minimum atomic E-state index is 0.574. The summed E-state index contributed by atoms with van der Waals surface area (Å²) in [5.74, 6) is 0. The Morgan fingerprint density at radius 1 is 1.18 bits per heavy atom.